The Hall–Kier alpha value is -1.08. The first-order valence-corrected chi connectivity index (χ1v) is 5.28. The number of hydrogen-bond acceptors (Lipinski definition) is 3. The molecule has 0 spiro atoms. The molecule has 16 heavy (non-hydrogen) atoms. The summed E-state index contributed by atoms with van der Waals surface area (Å²) >= 11 is 0.769. The van der Waals surface area contributed by atoms with Crippen LogP contribution in [0.25, 0.3) is 0 Å². The molecule has 1 rings (SSSR count). The maximum absolute atomic E-state index is 12.9. The van der Waals surface area contributed by atoms with E-state index in [1.807, 2.05) is 0 Å². The first kappa shape index (κ1) is 13.0. The normalized spacial score (nSPS) is 15.8. The van der Waals surface area contributed by atoms with Crippen LogP contribution >= 0.6 is 11.3 Å². The number of halogens is 3. The smallest absolute Gasteiger partial charge is 0.409 e. The van der Waals surface area contributed by atoms with Crippen LogP contribution in [0.15, 0.2) is 17.5 Å². The molecule has 1 aromatic rings. The number of nitrogens with two attached hydrogens (primary N) is 1. The van der Waals surface area contributed by atoms with E-state index in [1.165, 1.54) is 17.5 Å². The fourth-order valence-corrected chi connectivity index (χ4v) is 2.44. The molecule has 3 N–H and O–H groups in total. The first-order chi connectivity index (χ1) is 7.36. The lowest BCUT2D eigenvalue weighted by atomic mass is 9.82. The van der Waals surface area contributed by atoms with E-state index in [0.717, 1.165) is 11.3 Å². The van der Waals surface area contributed by atoms with Crippen LogP contribution in [0.1, 0.15) is 11.3 Å². The molecular weight excluding hydrogens is 243 g/mol. The summed E-state index contributed by atoms with van der Waals surface area (Å²) < 4.78 is 38.8. The minimum Gasteiger partial charge on any atom is -0.480 e. The van der Waals surface area contributed by atoms with Gasteiger partial charge in [-0.2, -0.15) is 13.2 Å². The van der Waals surface area contributed by atoms with E-state index in [4.69, 9.17) is 10.8 Å². The highest BCUT2D eigenvalue weighted by molar-refractivity contribution is 7.10. The van der Waals surface area contributed by atoms with E-state index >= 15 is 0 Å². The molecule has 0 saturated heterocycles. The second-order valence-corrected chi connectivity index (χ2v) is 4.17. The molecule has 1 heterocycles. The average Bonchev–Trinajstić information content (AvgIpc) is 2.64. The lowest BCUT2D eigenvalue weighted by Crippen LogP contribution is -2.49. The Balaban J connectivity index is 3.34. The van der Waals surface area contributed by atoms with E-state index in [2.05, 4.69) is 0 Å². The van der Waals surface area contributed by atoms with Gasteiger partial charge in [0.05, 0.1) is 0 Å². The molecule has 0 aliphatic rings. The SMILES string of the molecule is NCCC(C(=O)O)(c1cccs1)C(F)(F)F. The van der Waals surface area contributed by atoms with Gasteiger partial charge in [-0.3, -0.25) is 4.79 Å². The van der Waals surface area contributed by atoms with E-state index in [0.29, 0.717) is 0 Å². The third-order valence-corrected chi connectivity index (χ3v) is 3.34. The van der Waals surface area contributed by atoms with Crippen LogP contribution < -0.4 is 5.73 Å². The zero-order valence-electron chi connectivity index (χ0n) is 8.12. The van der Waals surface area contributed by atoms with Crippen molar-refractivity contribution in [1.29, 1.82) is 0 Å². The number of thiophene rings is 1. The molecule has 0 aromatic carbocycles. The van der Waals surface area contributed by atoms with Gasteiger partial charge in [0.1, 0.15) is 0 Å². The van der Waals surface area contributed by atoms with Gasteiger partial charge in [-0.15, -0.1) is 11.3 Å². The predicted molar refractivity (Wildman–Crippen MR) is 53.4 cm³/mol. The van der Waals surface area contributed by atoms with Gasteiger partial charge in [0.15, 0.2) is 5.41 Å². The maximum atomic E-state index is 12.9. The molecule has 0 bridgehead atoms. The molecule has 1 unspecified atom stereocenters. The van der Waals surface area contributed by atoms with Crippen LogP contribution in [0.3, 0.4) is 0 Å². The minimum absolute atomic E-state index is 0.238. The number of carboxylic acid groups (broad SMARTS) is 1. The van der Waals surface area contributed by atoms with Gasteiger partial charge in [-0.25, -0.2) is 0 Å². The summed E-state index contributed by atoms with van der Waals surface area (Å²) in [5.41, 5.74) is 2.22. The number of carbonyl (C=O) groups is 1. The zero-order chi connectivity index (χ0) is 12.4. The standard InChI is InChI=1S/C9H10F3NO2S/c10-9(11,12)8(3-4-13,7(14)15)6-2-1-5-16-6/h1-2,5H,3-4,13H2,(H,14,15). The number of carboxylic acids is 1. The van der Waals surface area contributed by atoms with Gasteiger partial charge in [0, 0.05) is 4.88 Å². The molecule has 7 heteroatoms. The largest absolute Gasteiger partial charge is 0.480 e. The molecule has 0 aliphatic heterocycles. The van der Waals surface area contributed by atoms with Crippen molar-refractivity contribution in [2.75, 3.05) is 6.54 Å². The van der Waals surface area contributed by atoms with E-state index in [-0.39, 0.29) is 11.4 Å². The highest BCUT2D eigenvalue weighted by Gasteiger charge is 2.61. The van der Waals surface area contributed by atoms with Crippen LogP contribution in [0.5, 0.6) is 0 Å². The summed E-state index contributed by atoms with van der Waals surface area (Å²) in [5, 5.41) is 10.3. The highest BCUT2D eigenvalue weighted by Crippen LogP contribution is 2.45. The summed E-state index contributed by atoms with van der Waals surface area (Å²) in [4.78, 5) is 10.7. The lowest BCUT2D eigenvalue weighted by Gasteiger charge is -2.30. The highest BCUT2D eigenvalue weighted by atomic mass is 32.1. The van der Waals surface area contributed by atoms with Crippen molar-refractivity contribution in [2.24, 2.45) is 5.73 Å². The number of hydrogen-bond donors (Lipinski definition) is 2. The minimum atomic E-state index is -4.86. The topological polar surface area (TPSA) is 63.3 Å². The third kappa shape index (κ3) is 1.92. The average molecular weight is 253 g/mol. The van der Waals surface area contributed by atoms with Crippen molar-refractivity contribution in [2.45, 2.75) is 18.0 Å². The quantitative estimate of drug-likeness (QED) is 0.862. The van der Waals surface area contributed by atoms with Crippen molar-refractivity contribution in [1.82, 2.24) is 0 Å². The molecular formula is C9H10F3NO2S. The summed E-state index contributed by atoms with van der Waals surface area (Å²) in [6.07, 6.45) is -5.52. The van der Waals surface area contributed by atoms with Crippen LogP contribution in [-0.4, -0.2) is 23.8 Å². The van der Waals surface area contributed by atoms with Gasteiger partial charge >= 0.3 is 12.1 Å². The Morgan fingerprint density at radius 1 is 1.50 bits per heavy atom. The number of alkyl halides is 3. The maximum Gasteiger partial charge on any atom is 0.409 e. The summed E-state index contributed by atoms with van der Waals surface area (Å²) in [7, 11) is 0. The summed E-state index contributed by atoms with van der Waals surface area (Å²) in [6, 6.07) is 2.56. The second kappa shape index (κ2) is 4.42. The fourth-order valence-electron chi connectivity index (χ4n) is 1.48. The molecule has 3 nitrogen and oxygen atoms in total. The molecule has 1 atom stereocenters. The second-order valence-electron chi connectivity index (χ2n) is 3.22. The van der Waals surface area contributed by atoms with Gasteiger partial charge in [0.25, 0.3) is 0 Å². The van der Waals surface area contributed by atoms with Gasteiger partial charge < -0.3 is 10.8 Å². The summed E-state index contributed by atoms with van der Waals surface area (Å²) in [6.45, 7) is -0.344. The molecule has 90 valence electrons. The van der Waals surface area contributed by atoms with E-state index < -0.39 is 24.0 Å². The molecule has 0 saturated carbocycles. The Kier molecular flexibility index (Phi) is 3.59. The number of aliphatic carboxylic acids is 1. The monoisotopic (exact) mass is 253 g/mol. The van der Waals surface area contributed by atoms with Crippen molar-refractivity contribution in [3.63, 3.8) is 0 Å². The van der Waals surface area contributed by atoms with Gasteiger partial charge in [0.2, 0.25) is 0 Å². The lowest BCUT2D eigenvalue weighted by molar-refractivity contribution is -0.206. The van der Waals surface area contributed by atoms with Crippen molar-refractivity contribution in [3.8, 4) is 0 Å². The Labute approximate surface area is 93.7 Å². The van der Waals surface area contributed by atoms with E-state index in [1.54, 1.807) is 0 Å². The van der Waals surface area contributed by atoms with Gasteiger partial charge in [-0.05, 0) is 24.4 Å². The fraction of sp³-hybridized carbons (Fsp3) is 0.444. The molecule has 1 aromatic heterocycles. The van der Waals surface area contributed by atoms with Crippen molar-refractivity contribution < 1.29 is 23.1 Å². The van der Waals surface area contributed by atoms with Crippen LogP contribution in [0.2, 0.25) is 0 Å². The zero-order valence-corrected chi connectivity index (χ0v) is 8.94. The first-order valence-electron chi connectivity index (χ1n) is 4.40. The summed E-state index contributed by atoms with van der Waals surface area (Å²) in [5.74, 6) is -1.91. The molecule has 0 radical (unpaired) electrons. The van der Waals surface area contributed by atoms with Crippen molar-refractivity contribution in [3.05, 3.63) is 22.4 Å². The van der Waals surface area contributed by atoms with Crippen LogP contribution in [0, 0.1) is 0 Å². The molecule has 0 fully saturated rings. The Bertz CT molecular complexity index is 363. The van der Waals surface area contributed by atoms with Crippen molar-refractivity contribution >= 4 is 17.3 Å². The Morgan fingerprint density at radius 2 is 2.12 bits per heavy atom. The van der Waals surface area contributed by atoms with Crippen LogP contribution in [0.4, 0.5) is 13.2 Å². The Morgan fingerprint density at radius 3 is 2.44 bits per heavy atom. The van der Waals surface area contributed by atoms with E-state index in [9.17, 15) is 18.0 Å². The predicted octanol–water partition coefficient (Wildman–Crippen LogP) is 1.98. The van der Waals surface area contributed by atoms with Crippen LogP contribution in [-0.2, 0) is 10.2 Å². The van der Waals surface area contributed by atoms with Gasteiger partial charge in [-0.1, -0.05) is 6.07 Å². The number of rotatable bonds is 4. The third-order valence-electron chi connectivity index (χ3n) is 2.31. The molecule has 0 aliphatic carbocycles. The molecule has 0 amide bonds.